The molecule has 0 saturated carbocycles. The Morgan fingerprint density at radius 3 is 2.53 bits per heavy atom. The highest BCUT2D eigenvalue weighted by molar-refractivity contribution is 5.91. The summed E-state index contributed by atoms with van der Waals surface area (Å²) in [5.74, 6) is 0.149. The van der Waals surface area contributed by atoms with Crippen LogP contribution in [-0.2, 0) is 0 Å². The molecular weight excluding hydrogens is 430 g/mol. The lowest BCUT2D eigenvalue weighted by atomic mass is 10.1. The highest BCUT2D eigenvalue weighted by Gasteiger charge is 2.15. The standard InChI is InChI=1S/C27H19N3O4/c1-18-12-14-19(15-13-18)25-29-22-9-4-3-8-21(22)26(31)30(25)28-17-20-7-2-5-10-23(20)34-27(32)24-11-6-16-33-24/h2-17H,1H3. The maximum Gasteiger partial charge on any atom is 0.379 e. The van der Waals surface area contributed by atoms with Gasteiger partial charge in [-0.1, -0.05) is 54.1 Å². The molecule has 0 amide bonds. The third-order valence-corrected chi connectivity index (χ3v) is 5.22. The maximum absolute atomic E-state index is 13.3. The van der Waals surface area contributed by atoms with Crippen molar-refractivity contribution < 1.29 is 13.9 Å². The predicted octanol–water partition coefficient (Wildman–Crippen LogP) is 5.07. The quantitative estimate of drug-likeness (QED) is 0.212. The Hall–Kier alpha value is -4.78. The van der Waals surface area contributed by atoms with Crippen LogP contribution in [0.5, 0.6) is 5.75 Å². The Morgan fingerprint density at radius 2 is 1.74 bits per heavy atom. The summed E-state index contributed by atoms with van der Waals surface area (Å²) in [5, 5.41) is 4.91. The first-order valence-electron chi connectivity index (χ1n) is 10.6. The van der Waals surface area contributed by atoms with Gasteiger partial charge >= 0.3 is 5.97 Å². The van der Waals surface area contributed by atoms with E-state index in [2.05, 4.69) is 5.10 Å². The van der Waals surface area contributed by atoms with Crippen LogP contribution in [-0.4, -0.2) is 21.8 Å². The minimum atomic E-state index is -0.629. The van der Waals surface area contributed by atoms with Gasteiger partial charge in [-0.3, -0.25) is 4.79 Å². The van der Waals surface area contributed by atoms with Gasteiger partial charge in [0, 0.05) is 11.1 Å². The smallest absolute Gasteiger partial charge is 0.379 e. The van der Waals surface area contributed by atoms with Gasteiger partial charge in [-0.2, -0.15) is 9.78 Å². The molecule has 0 fully saturated rings. The van der Waals surface area contributed by atoms with Crippen molar-refractivity contribution in [1.82, 2.24) is 9.66 Å². The van der Waals surface area contributed by atoms with E-state index in [1.807, 2.05) is 37.3 Å². The Labute approximate surface area is 194 Å². The first-order valence-corrected chi connectivity index (χ1v) is 10.6. The summed E-state index contributed by atoms with van der Waals surface area (Å²) in [6.07, 6.45) is 2.87. The van der Waals surface area contributed by atoms with Gasteiger partial charge < -0.3 is 9.15 Å². The number of furan rings is 1. The van der Waals surface area contributed by atoms with E-state index in [0.717, 1.165) is 11.1 Å². The average Bonchev–Trinajstić information content (AvgIpc) is 3.40. The number of rotatable bonds is 5. The van der Waals surface area contributed by atoms with Crippen LogP contribution in [0, 0.1) is 6.92 Å². The van der Waals surface area contributed by atoms with Gasteiger partial charge in [0.1, 0.15) is 5.75 Å². The highest BCUT2D eigenvalue weighted by Crippen LogP contribution is 2.21. The molecule has 5 aromatic rings. The van der Waals surface area contributed by atoms with Crippen LogP contribution >= 0.6 is 0 Å². The van der Waals surface area contributed by atoms with Crippen molar-refractivity contribution >= 4 is 23.1 Å². The summed E-state index contributed by atoms with van der Waals surface area (Å²) in [5.41, 5.74) is 2.64. The molecule has 7 nitrogen and oxygen atoms in total. The number of nitrogens with zero attached hydrogens (tertiary/aromatic N) is 3. The zero-order chi connectivity index (χ0) is 23.5. The normalized spacial score (nSPS) is 11.2. The van der Waals surface area contributed by atoms with Crippen molar-refractivity contribution in [2.45, 2.75) is 6.92 Å². The molecule has 5 rings (SSSR count). The number of esters is 1. The Balaban J connectivity index is 1.59. The molecule has 34 heavy (non-hydrogen) atoms. The van der Waals surface area contributed by atoms with Crippen molar-refractivity contribution in [2.24, 2.45) is 5.10 Å². The van der Waals surface area contributed by atoms with E-state index < -0.39 is 5.97 Å². The SMILES string of the molecule is Cc1ccc(-c2nc3ccccc3c(=O)n2N=Cc2ccccc2OC(=O)c2ccco2)cc1. The fourth-order valence-corrected chi connectivity index (χ4v) is 3.47. The van der Waals surface area contributed by atoms with E-state index in [1.54, 1.807) is 48.5 Å². The molecule has 7 heteroatoms. The van der Waals surface area contributed by atoms with E-state index in [9.17, 15) is 9.59 Å². The topological polar surface area (TPSA) is 86.7 Å². The lowest BCUT2D eigenvalue weighted by Crippen LogP contribution is -2.20. The van der Waals surface area contributed by atoms with Gasteiger partial charge in [0.05, 0.1) is 23.4 Å². The van der Waals surface area contributed by atoms with Crippen molar-refractivity contribution in [3.05, 3.63) is 118 Å². The Kier molecular flexibility index (Phi) is 5.58. The summed E-state index contributed by atoms with van der Waals surface area (Å²) >= 11 is 0. The van der Waals surface area contributed by atoms with E-state index in [0.29, 0.717) is 22.3 Å². The second-order valence-corrected chi connectivity index (χ2v) is 7.58. The van der Waals surface area contributed by atoms with E-state index in [-0.39, 0.29) is 17.1 Å². The highest BCUT2D eigenvalue weighted by atomic mass is 16.5. The number of carbonyl (C=O) groups excluding carboxylic acids is 1. The zero-order valence-electron chi connectivity index (χ0n) is 18.2. The molecule has 0 spiro atoms. The lowest BCUT2D eigenvalue weighted by molar-refractivity contribution is 0.0701. The van der Waals surface area contributed by atoms with Gasteiger partial charge in [-0.15, -0.1) is 0 Å². The molecule has 2 aromatic heterocycles. The second-order valence-electron chi connectivity index (χ2n) is 7.58. The Bertz CT molecular complexity index is 1570. The minimum Gasteiger partial charge on any atom is -0.457 e. The molecular formula is C27H19N3O4. The predicted molar refractivity (Wildman–Crippen MR) is 129 cm³/mol. The Morgan fingerprint density at radius 1 is 0.971 bits per heavy atom. The first-order chi connectivity index (χ1) is 16.6. The molecule has 0 aliphatic rings. The number of benzene rings is 3. The lowest BCUT2D eigenvalue weighted by Gasteiger charge is -2.10. The van der Waals surface area contributed by atoms with Crippen LogP contribution in [0.25, 0.3) is 22.3 Å². The summed E-state index contributed by atoms with van der Waals surface area (Å²) < 4.78 is 11.8. The zero-order valence-corrected chi connectivity index (χ0v) is 18.2. The molecule has 166 valence electrons. The summed E-state index contributed by atoms with van der Waals surface area (Å²) in [4.78, 5) is 30.4. The van der Waals surface area contributed by atoms with Crippen LogP contribution in [0.15, 0.2) is 106 Å². The second kappa shape index (κ2) is 8.99. The van der Waals surface area contributed by atoms with Gasteiger partial charge in [0.2, 0.25) is 5.76 Å². The van der Waals surface area contributed by atoms with Crippen molar-refractivity contribution in [1.29, 1.82) is 0 Å². The van der Waals surface area contributed by atoms with Crippen molar-refractivity contribution in [2.75, 3.05) is 0 Å². The molecule has 0 N–H and O–H groups in total. The van der Waals surface area contributed by atoms with Gasteiger partial charge in [0.15, 0.2) is 5.82 Å². The number of hydrogen-bond donors (Lipinski definition) is 0. The number of carbonyl (C=O) groups is 1. The van der Waals surface area contributed by atoms with E-state index in [1.165, 1.54) is 23.2 Å². The first kappa shape index (κ1) is 21.1. The summed E-state index contributed by atoms with van der Waals surface area (Å²) in [7, 11) is 0. The van der Waals surface area contributed by atoms with Gasteiger partial charge in [-0.25, -0.2) is 9.78 Å². The number of hydrogen-bond acceptors (Lipinski definition) is 6. The molecule has 0 unspecified atom stereocenters. The molecule has 3 aromatic carbocycles. The van der Waals surface area contributed by atoms with Crippen LogP contribution < -0.4 is 10.3 Å². The van der Waals surface area contributed by atoms with Crippen molar-refractivity contribution in [3.63, 3.8) is 0 Å². The molecule has 0 bridgehead atoms. The fourth-order valence-electron chi connectivity index (χ4n) is 3.47. The summed E-state index contributed by atoms with van der Waals surface area (Å²) in [6.45, 7) is 1.99. The van der Waals surface area contributed by atoms with E-state index in [4.69, 9.17) is 14.1 Å². The molecule has 0 radical (unpaired) electrons. The molecule has 0 aliphatic carbocycles. The largest absolute Gasteiger partial charge is 0.457 e. The van der Waals surface area contributed by atoms with Crippen LogP contribution in [0.4, 0.5) is 0 Å². The third kappa shape index (κ3) is 4.14. The molecule has 0 atom stereocenters. The van der Waals surface area contributed by atoms with Crippen LogP contribution in [0.2, 0.25) is 0 Å². The fraction of sp³-hybridized carbons (Fsp3) is 0.0370. The number of fused-ring (bicyclic) bond motifs is 1. The number of ether oxygens (including phenoxy) is 1. The molecule has 0 saturated heterocycles. The van der Waals surface area contributed by atoms with Crippen LogP contribution in [0.1, 0.15) is 21.7 Å². The minimum absolute atomic E-state index is 0.0864. The maximum atomic E-state index is 13.3. The molecule has 2 heterocycles. The van der Waals surface area contributed by atoms with Crippen molar-refractivity contribution in [3.8, 4) is 17.1 Å². The number of aryl methyl sites for hydroxylation is 1. The van der Waals surface area contributed by atoms with Gasteiger partial charge in [0.25, 0.3) is 5.56 Å². The van der Waals surface area contributed by atoms with E-state index >= 15 is 0 Å². The summed E-state index contributed by atoms with van der Waals surface area (Å²) in [6, 6.07) is 24.9. The molecule has 0 aliphatic heterocycles. The average molecular weight is 449 g/mol. The van der Waals surface area contributed by atoms with Crippen LogP contribution in [0.3, 0.4) is 0 Å². The monoisotopic (exact) mass is 449 g/mol. The number of para-hydroxylation sites is 2. The number of aromatic nitrogens is 2. The third-order valence-electron chi connectivity index (χ3n) is 5.22. The van der Waals surface area contributed by atoms with Gasteiger partial charge in [-0.05, 0) is 43.3 Å².